The summed E-state index contributed by atoms with van der Waals surface area (Å²) >= 11 is 0. The number of benzene rings is 2. The summed E-state index contributed by atoms with van der Waals surface area (Å²) < 4.78 is 25.3. The lowest BCUT2D eigenvalue weighted by atomic mass is 10.2. The molecule has 0 fully saturated rings. The molecule has 106 valence electrons. The first-order chi connectivity index (χ1) is 9.38. The molecule has 20 heavy (non-hydrogen) atoms. The first kappa shape index (κ1) is 14.8. The van der Waals surface area contributed by atoms with Crippen molar-refractivity contribution in [2.45, 2.75) is 6.54 Å². The summed E-state index contributed by atoms with van der Waals surface area (Å²) in [5.74, 6) is -0.233. The van der Waals surface area contributed by atoms with Crippen molar-refractivity contribution in [1.29, 1.82) is 0 Å². The van der Waals surface area contributed by atoms with E-state index in [0.29, 0.717) is 6.54 Å². The number of nitrogens with zero attached hydrogens (tertiary/aromatic N) is 1. The second kappa shape index (κ2) is 5.80. The lowest BCUT2D eigenvalue weighted by Crippen LogP contribution is -2.23. The third-order valence-electron chi connectivity index (χ3n) is 3.21. The fourth-order valence-corrected chi connectivity index (χ4v) is 3.43. The Balaban J connectivity index is 2.28. The van der Waals surface area contributed by atoms with E-state index in [-0.39, 0.29) is 5.82 Å². The number of halogens is 1. The largest absolute Gasteiger partial charge is 0.370 e. The second-order valence-corrected chi connectivity index (χ2v) is 8.51. The van der Waals surface area contributed by atoms with E-state index in [1.165, 1.54) is 12.1 Å². The molecule has 0 atom stereocenters. The topological polar surface area (TPSA) is 20.3 Å². The molecule has 0 spiro atoms. The summed E-state index contributed by atoms with van der Waals surface area (Å²) in [4.78, 5) is 2.04. The molecule has 0 aliphatic rings. The van der Waals surface area contributed by atoms with E-state index in [1.807, 2.05) is 36.2 Å². The highest BCUT2D eigenvalue weighted by atomic mass is 31.2. The van der Waals surface area contributed by atoms with Gasteiger partial charge in [-0.25, -0.2) is 4.39 Å². The van der Waals surface area contributed by atoms with Crippen molar-refractivity contribution in [3.63, 3.8) is 0 Å². The van der Waals surface area contributed by atoms with Crippen molar-refractivity contribution >= 4 is 18.1 Å². The van der Waals surface area contributed by atoms with E-state index in [1.54, 1.807) is 25.5 Å². The summed E-state index contributed by atoms with van der Waals surface area (Å²) in [6.07, 6.45) is 0. The van der Waals surface area contributed by atoms with Crippen molar-refractivity contribution in [2.75, 3.05) is 25.3 Å². The van der Waals surface area contributed by atoms with Gasteiger partial charge in [0, 0.05) is 24.6 Å². The summed E-state index contributed by atoms with van der Waals surface area (Å²) in [6, 6.07) is 14.2. The monoisotopic (exact) mass is 291 g/mol. The zero-order valence-corrected chi connectivity index (χ0v) is 12.9. The number of rotatable bonds is 4. The number of hydrogen-bond acceptors (Lipinski definition) is 2. The predicted octanol–water partition coefficient (Wildman–Crippen LogP) is 3.71. The second-order valence-electron chi connectivity index (χ2n) is 5.32. The van der Waals surface area contributed by atoms with Crippen molar-refractivity contribution < 1.29 is 8.96 Å². The highest BCUT2D eigenvalue weighted by Gasteiger charge is 2.17. The molecule has 0 bridgehead atoms. The minimum absolute atomic E-state index is 0.233. The minimum atomic E-state index is -2.32. The molecule has 0 radical (unpaired) electrons. The first-order valence-electron chi connectivity index (χ1n) is 6.48. The van der Waals surface area contributed by atoms with Crippen LogP contribution in [0.1, 0.15) is 5.56 Å². The van der Waals surface area contributed by atoms with Gasteiger partial charge in [0.1, 0.15) is 13.0 Å². The van der Waals surface area contributed by atoms with Gasteiger partial charge in [-0.15, -0.1) is 0 Å². The van der Waals surface area contributed by atoms with Crippen molar-refractivity contribution in [2.24, 2.45) is 0 Å². The molecule has 2 rings (SSSR count). The highest BCUT2D eigenvalue weighted by Crippen LogP contribution is 2.38. The summed E-state index contributed by atoms with van der Waals surface area (Å²) in [5.41, 5.74) is 1.98. The van der Waals surface area contributed by atoms with Crippen LogP contribution < -0.4 is 10.2 Å². The van der Waals surface area contributed by atoms with E-state index in [4.69, 9.17) is 0 Å². The van der Waals surface area contributed by atoms with E-state index in [2.05, 4.69) is 0 Å². The van der Waals surface area contributed by atoms with E-state index in [9.17, 15) is 8.96 Å². The third-order valence-corrected chi connectivity index (χ3v) is 4.74. The Morgan fingerprint density at radius 2 is 1.65 bits per heavy atom. The fourth-order valence-electron chi connectivity index (χ4n) is 2.19. The van der Waals surface area contributed by atoms with Crippen LogP contribution in [0, 0.1) is 5.82 Å². The van der Waals surface area contributed by atoms with Crippen LogP contribution in [-0.4, -0.2) is 20.4 Å². The van der Waals surface area contributed by atoms with Gasteiger partial charge in [0.25, 0.3) is 0 Å². The van der Waals surface area contributed by atoms with Crippen molar-refractivity contribution in [3.05, 3.63) is 59.9 Å². The molecule has 0 N–H and O–H groups in total. The van der Waals surface area contributed by atoms with Crippen LogP contribution in [0.25, 0.3) is 0 Å². The van der Waals surface area contributed by atoms with Gasteiger partial charge in [-0.05, 0) is 43.2 Å². The third kappa shape index (κ3) is 3.49. The van der Waals surface area contributed by atoms with Gasteiger partial charge in [-0.2, -0.15) is 0 Å². The quantitative estimate of drug-likeness (QED) is 0.800. The minimum Gasteiger partial charge on any atom is -0.370 e. The summed E-state index contributed by atoms with van der Waals surface area (Å²) in [6.45, 7) is 4.20. The van der Waals surface area contributed by atoms with Gasteiger partial charge in [0.05, 0.1) is 0 Å². The molecule has 2 aromatic carbocycles. The van der Waals surface area contributed by atoms with Crippen molar-refractivity contribution in [1.82, 2.24) is 0 Å². The van der Waals surface area contributed by atoms with Gasteiger partial charge >= 0.3 is 0 Å². The Labute approximate surface area is 119 Å². The fraction of sp³-hybridized carbons (Fsp3) is 0.250. The van der Waals surface area contributed by atoms with Crippen LogP contribution >= 0.6 is 7.14 Å². The maximum absolute atomic E-state index is 12.9. The number of para-hydroxylation sites is 1. The van der Waals surface area contributed by atoms with E-state index < -0.39 is 7.14 Å². The Morgan fingerprint density at radius 1 is 1.05 bits per heavy atom. The zero-order chi connectivity index (χ0) is 14.8. The Bertz CT molecular complexity index is 633. The van der Waals surface area contributed by atoms with Crippen molar-refractivity contribution in [3.8, 4) is 0 Å². The smallest absolute Gasteiger partial charge is 0.123 e. The average molecular weight is 291 g/mol. The highest BCUT2D eigenvalue weighted by molar-refractivity contribution is 7.70. The van der Waals surface area contributed by atoms with Crippen LogP contribution in [0.5, 0.6) is 0 Å². The molecule has 4 heteroatoms. The average Bonchev–Trinajstić information content (AvgIpc) is 2.40. The van der Waals surface area contributed by atoms with Crippen LogP contribution in [0.2, 0.25) is 0 Å². The maximum atomic E-state index is 12.9. The SMILES string of the molecule is CN(Cc1ccc(F)cc1)c1ccccc1P(C)(C)=O. The van der Waals surface area contributed by atoms with Crippen LogP contribution in [-0.2, 0) is 11.1 Å². The molecule has 0 amide bonds. The molecule has 0 heterocycles. The molecule has 0 saturated carbocycles. The van der Waals surface area contributed by atoms with Gasteiger partial charge in [0.2, 0.25) is 0 Å². The molecule has 0 saturated heterocycles. The predicted molar refractivity (Wildman–Crippen MR) is 84.0 cm³/mol. The van der Waals surface area contributed by atoms with E-state index in [0.717, 1.165) is 16.6 Å². The summed E-state index contributed by atoms with van der Waals surface area (Å²) in [7, 11) is -0.368. The summed E-state index contributed by atoms with van der Waals surface area (Å²) in [5, 5.41) is 0.879. The molecule has 0 aliphatic carbocycles. The molecular weight excluding hydrogens is 272 g/mol. The molecule has 2 nitrogen and oxygen atoms in total. The first-order valence-corrected chi connectivity index (χ1v) is 9.08. The van der Waals surface area contributed by atoms with Crippen LogP contribution in [0.3, 0.4) is 0 Å². The number of anilines is 1. The Hall–Kier alpha value is -1.60. The molecular formula is C16H19FNOP. The number of hydrogen-bond donors (Lipinski definition) is 0. The zero-order valence-electron chi connectivity index (χ0n) is 12.0. The van der Waals surface area contributed by atoms with Crippen LogP contribution in [0.15, 0.2) is 48.5 Å². The van der Waals surface area contributed by atoms with Crippen LogP contribution in [0.4, 0.5) is 10.1 Å². The Kier molecular flexibility index (Phi) is 4.29. The lowest BCUT2D eigenvalue weighted by Gasteiger charge is -2.24. The van der Waals surface area contributed by atoms with Gasteiger partial charge < -0.3 is 9.46 Å². The molecule has 2 aromatic rings. The van der Waals surface area contributed by atoms with E-state index >= 15 is 0 Å². The molecule has 0 aromatic heterocycles. The Morgan fingerprint density at radius 3 is 2.25 bits per heavy atom. The lowest BCUT2D eigenvalue weighted by molar-refractivity contribution is 0.588. The molecule has 0 aliphatic heterocycles. The normalized spacial score (nSPS) is 11.4. The van der Waals surface area contributed by atoms with Gasteiger partial charge in [-0.1, -0.05) is 24.3 Å². The maximum Gasteiger partial charge on any atom is 0.123 e. The standard InChI is InChI=1S/C16H19FNOP/c1-18(12-13-8-10-14(17)11-9-13)15-6-4-5-7-16(15)20(2,3)19/h4-11H,12H2,1-3H3. The molecule has 0 unspecified atom stereocenters. The van der Waals surface area contributed by atoms with Gasteiger partial charge in [0.15, 0.2) is 0 Å². The van der Waals surface area contributed by atoms with Gasteiger partial charge in [-0.3, -0.25) is 0 Å².